The molecule has 0 radical (unpaired) electrons. The number of Topliss-reactive ketones (excluding diaryl/α,β-unsaturated/α-hetero) is 1. The molecule has 1 aliphatic rings. The predicted molar refractivity (Wildman–Crippen MR) is 91.0 cm³/mol. The molecule has 1 heterocycles. The minimum atomic E-state index is -4.19. The Morgan fingerprint density at radius 2 is 1.96 bits per heavy atom. The summed E-state index contributed by atoms with van der Waals surface area (Å²) in [5.41, 5.74) is 1.66. The van der Waals surface area contributed by atoms with Crippen LogP contribution < -0.4 is 0 Å². The minimum absolute atomic E-state index is 0.0447. The predicted octanol–water partition coefficient (Wildman–Crippen LogP) is 2.82. The Balaban J connectivity index is 2.09. The van der Waals surface area contributed by atoms with Crippen molar-refractivity contribution >= 4 is 27.7 Å². The SMILES string of the molecule is CCN1C(C)=C(CCCS(=O)(=O)[O-])SC1C(=O)c1ccccc1. The van der Waals surface area contributed by atoms with Gasteiger partial charge in [0.1, 0.15) is 5.37 Å². The molecule has 5 nitrogen and oxygen atoms in total. The highest BCUT2D eigenvalue weighted by atomic mass is 32.2. The van der Waals surface area contributed by atoms with Crippen LogP contribution >= 0.6 is 11.8 Å². The van der Waals surface area contributed by atoms with Crippen LogP contribution in [-0.4, -0.2) is 41.3 Å². The van der Waals surface area contributed by atoms with Crippen LogP contribution in [0, 0.1) is 0 Å². The van der Waals surface area contributed by atoms with Crippen LogP contribution in [0.4, 0.5) is 0 Å². The van der Waals surface area contributed by atoms with Crippen LogP contribution in [-0.2, 0) is 10.1 Å². The largest absolute Gasteiger partial charge is 0.748 e. The lowest BCUT2D eigenvalue weighted by molar-refractivity contribution is 0.0933. The summed E-state index contributed by atoms with van der Waals surface area (Å²) >= 11 is 1.46. The summed E-state index contributed by atoms with van der Waals surface area (Å²) in [6.07, 6.45) is 0.794. The van der Waals surface area contributed by atoms with Crippen molar-refractivity contribution in [1.29, 1.82) is 0 Å². The smallest absolute Gasteiger partial charge is 0.195 e. The average molecular weight is 354 g/mol. The van der Waals surface area contributed by atoms with E-state index in [1.807, 2.05) is 36.9 Å². The number of carbonyl (C=O) groups excluding carboxylic acids is 1. The Hall–Kier alpha value is -1.31. The molecular weight excluding hydrogens is 334 g/mol. The molecule has 126 valence electrons. The van der Waals surface area contributed by atoms with E-state index < -0.39 is 10.1 Å². The first kappa shape index (κ1) is 18.0. The van der Waals surface area contributed by atoms with E-state index >= 15 is 0 Å². The van der Waals surface area contributed by atoms with E-state index in [1.165, 1.54) is 11.8 Å². The van der Waals surface area contributed by atoms with Crippen LogP contribution in [0.5, 0.6) is 0 Å². The third-order valence-electron chi connectivity index (χ3n) is 3.79. The lowest BCUT2D eigenvalue weighted by Gasteiger charge is -2.25. The fourth-order valence-electron chi connectivity index (χ4n) is 2.61. The summed E-state index contributed by atoms with van der Waals surface area (Å²) in [7, 11) is -4.19. The van der Waals surface area contributed by atoms with Crippen molar-refractivity contribution in [3.8, 4) is 0 Å². The Morgan fingerprint density at radius 3 is 2.52 bits per heavy atom. The van der Waals surface area contributed by atoms with Gasteiger partial charge in [-0.25, -0.2) is 8.42 Å². The third kappa shape index (κ3) is 4.59. The number of thioether (sulfide) groups is 1. The summed E-state index contributed by atoms with van der Waals surface area (Å²) < 4.78 is 32.2. The van der Waals surface area contributed by atoms with Gasteiger partial charge in [-0.3, -0.25) is 4.79 Å². The molecule has 7 heteroatoms. The van der Waals surface area contributed by atoms with E-state index in [4.69, 9.17) is 0 Å². The summed E-state index contributed by atoms with van der Waals surface area (Å²) in [6.45, 7) is 4.63. The number of hydrogen-bond acceptors (Lipinski definition) is 6. The highest BCUT2D eigenvalue weighted by Gasteiger charge is 2.34. The van der Waals surface area contributed by atoms with Gasteiger partial charge in [-0.1, -0.05) is 42.1 Å². The molecule has 0 saturated heterocycles. The van der Waals surface area contributed by atoms with E-state index in [2.05, 4.69) is 0 Å². The molecule has 23 heavy (non-hydrogen) atoms. The molecule has 0 N–H and O–H groups in total. The number of benzene rings is 1. The van der Waals surface area contributed by atoms with Crippen LogP contribution in [0.2, 0.25) is 0 Å². The first-order valence-electron chi connectivity index (χ1n) is 7.49. The molecule has 1 unspecified atom stereocenters. The van der Waals surface area contributed by atoms with Gasteiger partial charge in [0.2, 0.25) is 0 Å². The molecule has 0 aliphatic carbocycles. The lowest BCUT2D eigenvalue weighted by atomic mass is 10.1. The standard InChI is InChI=1S/C16H21NO4S2/c1-3-17-12(2)14(10-7-11-23(19,20)21)22-16(17)15(18)13-8-5-4-6-9-13/h4-6,8-9,16H,3,7,10-11H2,1-2H3,(H,19,20,21)/p-1. The van der Waals surface area contributed by atoms with Gasteiger partial charge >= 0.3 is 0 Å². The van der Waals surface area contributed by atoms with Crippen molar-refractivity contribution in [2.75, 3.05) is 12.3 Å². The summed E-state index contributed by atoms with van der Waals surface area (Å²) in [5.74, 6) is -0.323. The van der Waals surface area contributed by atoms with E-state index in [0.29, 0.717) is 18.5 Å². The number of nitrogens with zero attached hydrogens (tertiary/aromatic N) is 1. The minimum Gasteiger partial charge on any atom is -0.748 e. The van der Waals surface area contributed by atoms with Gasteiger partial charge in [-0.05, 0) is 26.7 Å². The Bertz CT molecular complexity index is 698. The zero-order valence-corrected chi connectivity index (χ0v) is 14.8. The fraction of sp³-hybridized carbons (Fsp3) is 0.438. The monoisotopic (exact) mass is 354 g/mol. The molecule has 1 aromatic rings. The van der Waals surface area contributed by atoms with E-state index in [0.717, 1.165) is 10.6 Å². The number of hydrogen-bond donors (Lipinski definition) is 0. The quantitative estimate of drug-likeness (QED) is 0.553. The molecule has 2 rings (SSSR count). The summed E-state index contributed by atoms with van der Waals surface area (Å²) in [6, 6.07) is 9.14. The molecule has 0 aromatic heterocycles. The topological polar surface area (TPSA) is 77.5 Å². The third-order valence-corrected chi connectivity index (χ3v) is 6.06. The normalized spacial score (nSPS) is 18.6. The van der Waals surface area contributed by atoms with Crippen LogP contribution in [0.25, 0.3) is 0 Å². The van der Waals surface area contributed by atoms with Crippen molar-refractivity contribution < 1.29 is 17.8 Å². The number of ketones is 1. The molecule has 0 fully saturated rings. The molecule has 1 aromatic carbocycles. The van der Waals surface area contributed by atoms with Crippen LogP contribution in [0.15, 0.2) is 40.9 Å². The average Bonchev–Trinajstić information content (AvgIpc) is 2.82. The van der Waals surface area contributed by atoms with Gasteiger partial charge in [0.05, 0.1) is 10.1 Å². The zero-order valence-electron chi connectivity index (χ0n) is 13.2. The Morgan fingerprint density at radius 1 is 1.30 bits per heavy atom. The molecule has 0 amide bonds. The van der Waals surface area contributed by atoms with Crippen LogP contribution in [0.1, 0.15) is 37.0 Å². The van der Waals surface area contributed by atoms with Gasteiger partial charge < -0.3 is 9.45 Å². The molecule has 1 aliphatic heterocycles. The number of likely N-dealkylation sites (N-methyl/N-ethyl adjacent to an activating group) is 1. The summed E-state index contributed by atoms with van der Waals surface area (Å²) in [5, 5.41) is -0.318. The van der Waals surface area contributed by atoms with Crippen molar-refractivity contribution in [2.45, 2.75) is 32.1 Å². The highest BCUT2D eigenvalue weighted by molar-refractivity contribution is 8.04. The maximum Gasteiger partial charge on any atom is 0.195 e. The first-order chi connectivity index (χ1) is 10.8. The molecular formula is C16H20NO4S2-. The maximum atomic E-state index is 12.7. The number of rotatable bonds is 7. The van der Waals surface area contributed by atoms with E-state index in [9.17, 15) is 17.8 Å². The molecule has 0 spiro atoms. The van der Waals surface area contributed by atoms with Crippen molar-refractivity contribution in [3.05, 3.63) is 46.5 Å². The van der Waals surface area contributed by atoms with Gasteiger partial charge in [0, 0.05) is 28.5 Å². The second kappa shape index (κ2) is 7.51. The van der Waals surface area contributed by atoms with Crippen LogP contribution in [0.3, 0.4) is 0 Å². The van der Waals surface area contributed by atoms with Crippen molar-refractivity contribution in [1.82, 2.24) is 4.90 Å². The molecule has 1 atom stereocenters. The molecule has 0 saturated carbocycles. The molecule has 0 bridgehead atoms. The second-order valence-electron chi connectivity index (χ2n) is 5.36. The van der Waals surface area contributed by atoms with Gasteiger partial charge in [-0.15, -0.1) is 0 Å². The van der Waals surface area contributed by atoms with Crippen molar-refractivity contribution in [3.63, 3.8) is 0 Å². The number of carbonyl (C=O) groups is 1. The lowest BCUT2D eigenvalue weighted by Crippen LogP contribution is -2.34. The zero-order chi connectivity index (χ0) is 17.0. The summed E-state index contributed by atoms with van der Waals surface area (Å²) in [4.78, 5) is 15.7. The van der Waals surface area contributed by atoms with Gasteiger partial charge in [0.25, 0.3) is 0 Å². The first-order valence-corrected chi connectivity index (χ1v) is 9.95. The van der Waals surface area contributed by atoms with Gasteiger partial charge in [0.15, 0.2) is 5.78 Å². The highest BCUT2D eigenvalue weighted by Crippen LogP contribution is 2.41. The second-order valence-corrected chi connectivity index (χ2v) is 8.06. The number of allylic oxidation sites excluding steroid dienone is 2. The Labute approximate surface area is 141 Å². The fourth-order valence-corrected chi connectivity index (χ4v) is 4.61. The van der Waals surface area contributed by atoms with Gasteiger partial charge in [-0.2, -0.15) is 0 Å². The van der Waals surface area contributed by atoms with E-state index in [1.54, 1.807) is 12.1 Å². The van der Waals surface area contributed by atoms with E-state index in [-0.39, 0.29) is 23.3 Å². The van der Waals surface area contributed by atoms with Crippen molar-refractivity contribution in [2.24, 2.45) is 0 Å². The maximum absolute atomic E-state index is 12.7. The Kier molecular flexibility index (Phi) is 5.89.